The summed E-state index contributed by atoms with van der Waals surface area (Å²) in [6, 6.07) is 4.71. The first kappa shape index (κ1) is 17.4. The summed E-state index contributed by atoms with van der Waals surface area (Å²) in [6.45, 7) is 10.2. The minimum Gasteiger partial charge on any atom is -0.476 e. The zero-order valence-electron chi connectivity index (χ0n) is 13.3. The van der Waals surface area contributed by atoms with Crippen molar-refractivity contribution in [3.05, 3.63) is 29.6 Å². The minimum atomic E-state index is -0.835. The number of rotatable bonds is 6. The lowest BCUT2D eigenvalue weighted by Gasteiger charge is -2.21. The van der Waals surface area contributed by atoms with Gasteiger partial charge in [0, 0.05) is 12.1 Å². The average molecular weight is 297 g/mol. The van der Waals surface area contributed by atoms with Crippen LogP contribution in [0.5, 0.6) is 5.75 Å². The van der Waals surface area contributed by atoms with Crippen LogP contribution in [0.4, 0.5) is 4.39 Å². The Labute approximate surface area is 125 Å². The van der Waals surface area contributed by atoms with Crippen LogP contribution >= 0.6 is 0 Å². The van der Waals surface area contributed by atoms with Crippen molar-refractivity contribution in [1.82, 2.24) is 5.32 Å². The summed E-state index contributed by atoms with van der Waals surface area (Å²) < 4.78 is 24.1. The van der Waals surface area contributed by atoms with Gasteiger partial charge in [0.05, 0.1) is 6.61 Å². The highest BCUT2D eigenvalue weighted by Gasteiger charge is 2.18. The lowest BCUT2D eigenvalue weighted by molar-refractivity contribution is -0.150. The van der Waals surface area contributed by atoms with E-state index < -0.39 is 17.9 Å². The smallest absolute Gasteiger partial charge is 0.347 e. The molecule has 0 fully saturated rings. The van der Waals surface area contributed by atoms with Crippen molar-refractivity contribution in [3.63, 3.8) is 0 Å². The van der Waals surface area contributed by atoms with E-state index in [-0.39, 0.29) is 17.9 Å². The number of benzene rings is 1. The molecule has 1 atom stereocenters. The summed E-state index contributed by atoms with van der Waals surface area (Å²) in [7, 11) is 0. The molecule has 0 bridgehead atoms. The van der Waals surface area contributed by atoms with Crippen molar-refractivity contribution in [2.75, 3.05) is 6.61 Å². The van der Waals surface area contributed by atoms with E-state index >= 15 is 0 Å². The molecule has 0 saturated heterocycles. The van der Waals surface area contributed by atoms with Gasteiger partial charge in [-0.2, -0.15) is 0 Å². The summed E-state index contributed by atoms with van der Waals surface area (Å²) in [5.41, 5.74) is 0.780. The molecule has 21 heavy (non-hydrogen) atoms. The number of esters is 1. The topological polar surface area (TPSA) is 47.6 Å². The lowest BCUT2D eigenvalue weighted by atomic mass is 10.1. The Morgan fingerprint density at radius 3 is 2.57 bits per heavy atom. The summed E-state index contributed by atoms with van der Waals surface area (Å²) in [5, 5.41) is 3.28. The average Bonchev–Trinajstić information content (AvgIpc) is 2.38. The van der Waals surface area contributed by atoms with Gasteiger partial charge in [-0.05, 0) is 52.3 Å². The molecule has 1 aromatic rings. The molecule has 0 aliphatic heterocycles. The Balaban J connectivity index is 2.68. The van der Waals surface area contributed by atoms with Gasteiger partial charge < -0.3 is 14.8 Å². The van der Waals surface area contributed by atoms with Gasteiger partial charge in [-0.1, -0.05) is 6.07 Å². The molecular weight excluding hydrogens is 273 g/mol. The van der Waals surface area contributed by atoms with Crippen LogP contribution in [0.15, 0.2) is 18.2 Å². The van der Waals surface area contributed by atoms with Crippen LogP contribution in [0, 0.1) is 5.82 Å². The van der Waals surface area contributed by atoms with Crippen molar-refractivity contribution in [2.24, 2.45) is 0 Å². The third-order valence-electron chi connectivity index (χ3n) is 2.74. The van der Waals surface area contributed by atoms with Gasteiger partial charge in [0.25, 0.3) is 0 Å². The Morgan fingerprint density at radius 2 is 2.05 bits per heavy atom. The van der Waals surface area contributed by atoms with E-state index in [1.54, 1.807) is 13.0 Å². The number of ether oxygens (including phenoxy) is 2. The normalized spacial score (nSPS) is 12.9. The molecule has 0 spiro atoms. The van der Waals surface area contributed by atoms with Crippen LogP contribution in [-0.2, 0) is 16.1 Å². The molecule has 0 saturated carbocycles. The maximum Gasteiger partial charge on any atom is 0.347 e. The van der Waals surface area contributed by atoms with Crippen LogP contribution in [0.2, 0.25) is 0 Å². The van der Waals surface area contributed by atoms with Crippen molar-refractivity contribution in [2.45, 2.75) is 52.8 Å². The molecular formula is C16H24FNO3. The molecule has 118 valence electrons. The van der Waals surface area contributed by atoms with Gasteiger partial charge >= 0.3 is 5.97 Å². The fourth-order valence-electron chi connectivity index (χ4n) is 1.62. The molecule has 1 aromatic carbocycles. The second-order valence-electron chi connectivity index (χ2n) is 5.88. The second kappa shape index (κ2) is 7.41. The number of halogens is 1. The Kier molecular flexibility index (Phi) is 6.15. The van der Waals surface area contributed by atoms with Gasteiger partial charge in [-0.3, -0.25) is 0 Å². The van der Waals surface area contributed by atoms with Crippen molar-refractivity contribution >= 4 is 5.97 Å². The zero-order valence-corrected chi connectivity index (χ0v) is 13.3. The van der Waals surface area contributed by atoms with Crippen LogP contribution in [-0.4, -0.2) is 24.2 Å². The highest BCUT2D eigenvalue weighted by Crippen LogP contribution is 2.20. The number of carbonyl (C=O) groups is 1. The van der Waals surface area contributed by atoms with E-state index in [2.05, 4.69) is 5.32 Å². The van der Waals surface area contributed by atoms with E-state index in [0.717, 1.165) is 5.56 Å². The SMILES string of the molecule is CCOC(=O)C(C)Oc1ccc(CNC(C)(C)C)cc1F. The standard InChI is InChI=1S/C16H24FNO3/c1-6-20-15(19)11(2)21-14-8-7-12(9-13(14)17)10-18-16(3,4)5/h7-9,11,18H,6,10H2,1-5H3. The minimum absolute atomic E-state index is 0.0376. The molecule has 1 N–H and O–H groups in total. The fraction of sp³-hybridized carbons (Fsp3) is 0.562. The summed E-state index contributed by atoms with van der Waals surface area (Å²) in [4.78, 5) is 11.5. The second-order valence-corrected chi connectivity index (χ2v) is 5.88. The van der Waals surface area contributed by atoms with E-state index in [1.807, 2.05) is 20.8 Å². The quantitative estimate of drug-likeness (QED) is 0.820. The Morgan fingerprint density at radius 1 is 1.38 bits per heavy atom. The third-order valence-corrected chi connectivity index (χ3v) is 2.74. The van der Waals surface area contributed by atoms with Crippen molar-refractivity contribution in [1.29, 1.82) is 0 Å². The largest absolute Gasteiger partial charge is 0.476 e. The molecule has 0 aromatic heterocycles. The van der Waals surface area contributed by atoms with Crippen LogP contribution in [0.3, 0.4) is 0 Å². The number of carbonyl (C=O) groups excluding carboxylic acids is 1. The maximum atomic E-state index is 14.0. The highest BCUT2D eigenvalue weighted by molar-refractivity contribution is 5.74. The van der Waals surface area contributed by atoms with Gasteiger partial charge in [0.2, 0.25) is 0 Å². The van der Waals surface area contributed by atoms with E-state index in [4.69, 9.17) is 9.47 Å². The molecule has 0 aliphatic rings. The maximum absolute atomic E-state index is 14.0. The monoisotopic (exact) mass is 297 g/mol. The molecule has 1 unspecified atom stereocenters. The summed E-state index contributed by atoms with van der Waals surface area (Å²) in [5.74, 6) is -0.940. The first-order valence-corrected chi connectivity index (χ1v) is 7.09. The predicted octanol–water partition coefficient (Wildman–Crippen LogP) is 3.04. The summed E-state index contributed by atoms with van der Waals surface area (Å²) in [6.07, 6.45) is -0.835. The van der Waals surface area contributed by atoms with Gasteiger partial charge in [0.1, 0.15) is 0 Å². The van der Waals surface area contributed by atoms with Gasteiger partial charge in [-0.15, -0.1) is 0 Å². The van der Waals surface area contributed by atoms with Crippen molar-refractivity contribution in [3.8, 4) is 5.75 Å². The van der Waals surface area contributed by atoms with E-state index in [1.165, 1.54) is 19.1 Å². The first-order chi connectivity index (χ1) is 9.73. The first-order valence-electron chi connectivity index (χ1n) is 7.09. The molecule has 0 amide bonds. The zero-order chi connectivity index (χ0) is 16.0. The fourth-order valence-corrected chi connectivity index (χ4v) is 1.62. The van der Waals surface area contributed by atoms with Crippen LogP contribution in [0.1, 0.15) is 40.2 Å². The summed E-state index contributed by atoms with van der Waals surface area (Å²) >= 11 is 0. The molecule has 0 aliphatic carbocycles. The Bertz CT molecular complexity index is 483. The molecule has 4 nitrogen and oxygen atoms in total. The van der Waals surface area contributed by atoms with Gasteiger partial charge in [0.15, 0.2) is 17.7 Å². The number of nitrogens with one attached hydrogen (secondary N) is 1. The Hall–Kier alpha value is -1.62. The number of hydrogen-bond acceptors (Lipinski definition) is 4. The highest BCUT2D eigenvalue weighted by atomic mass is 19.1. The lowest BCUT2D eigenvalue weighted by Crippen LogP contribution is -2.35. The molecule has 0 radical (unpaired) electrons. The molecule has 0 heterocycles. The van der Waals surface area contributed by atoms with E-state index in [0.29, 0.717) is 6.54 Å². The van der Waals surface area contributed by atoms with Gasteiger partial charge in [-0.25, -0.2) is 9.18 Å². The molecule has 1 rings (SSSR count). The van der Waals surface area contributed by atoms with Crippen LogP contribution < -0.4 is 10.1 Å². The van der Waals surface area contributed by atoms with Crippen LogP contribution in [0.25, 0.3) is 0 Å². The molecule has 5 heteroatoms. The predicted molar refractivity (Wildman–Crippen MR) is 79.7 cm³/mol. The van der Waals surface area contributed by atoms with Crippen molar-refractivity contribution < 1.29 is 18.7 Å². The van der Waals surface area contributed by atoms with E-state index in [9.17, 15) is 9.18 Å². The number of hydrogen-bond donors (Lipinski definition) is 1. The third kappa shape index (κ3) is 6.12.